The van der Waals surface area contributed by atoms with Gasteiger partial charge in [0.25, 0.3) is 0 Å². The molecule has 7 nitrogen and oxygen atoms in total. The third kappa shape index (κ3) is 4.86. The van der Waals surface area contributed by atoms with Gasteiger partial charge in [-0.2, -0.15) is 0 Å². The van der Waals surface area contributed by atoms with E-state index in [9.17, 15) is 9.59 Å². The van der Waals surface area contributed by atoms with Crippen LogP contribution in [-0.4, -0.2) is 59.6 Å². The Bertz CT molecular complexity index is 1120. The van der Waals surface area contributed by atoms with Crippen LogP contribution in [0.3, 0.4) is 0 Å². The molecule has 1 aromatic carbocycles. The lowest BCUT2D eigenvalue weighted by atomic mass is 10.1. The summed E-state index contributed by atoms with van der Waals surface area (Å²) in [6.07, 6.45) is 3.68. The average Bonchev–Trinajstić information content (AvgIpc) is 3.64. The van der Waals surface area contributed by atoms with Crippen molar-refractivity contribution in [3.05, 3.63) is 47.3 Å². The molecule has 2 amide bonds. The lowest BCUT2D eigenvalue weighted by Gasteiger charge is -2.35. The largest absolute Gasteiger partial charge is 0.343 e. The second-order valence-corrected chi connectivity index (χ2v) is 10.8. The second kappa shape index (κ2) is 10.2. The number of hydrogen-bond donors (Lipinski definition) is 0. The highest BCUT2D eigenvalue weighted by Crippen LogP contribution is 2.32. The predicted molar refractivity (Wildman–Crippen MR) is 138 cm³/mol. The number of nitrogens with zero attached hydrogens (tertiary/aromatic N) is 5. The van der Waals surface area contributed by atoms with Crippen molar-refractivity contribution < 1.29 is 9.59 Å². The van der Waals surface area contributed by atoms with E-state index >= 15 is 0 Å². The Morgan fingerprint density at radius 1 is 1.09 bits per heavy atom. The van der Waals surface area contributed by atoms with E-state index in [-0.39, 0.29) is 24.2 Å². The molecule has 1 unspecified atom stereocenters. The van der Waals surface area contributed by atoms with E-state index in [0.29, 0.717) is 19.6 Å². The van der Waals surface area contributed by atoms with Gasteiger partial charge in [0.2, 0.25) is 16.9 Å². The summed E-state index contributed by atoms with van der Waals surface area (Å²) in [6.45, 7) is 5.40. The van der Waals surface area contributed by atoms with Crippen molar-refractivity contribution in [1.82, 2.24) is 15.1 Å². The third-order valence-electron chi connectivity index (χ3n) is 6.55. The zero-order chi connectivity index (χ0) is 23.5. The number of unbranched alkanes of at least 4 members (excludes halogenated alkanes) is 1. The first-order valence-corrected chi connectivity index (χ1v) is 13.6. The van der Waals surface area contributed by atoms with E-state index in [0.717, 1.165) is 40.2 Å². The maximum absolute atomic E-state index is 13.2. The molecule has 2 aliphatic heterocycles. The first-order valence-electron chi connectivity index (χ1n) is 11.9. The molecule has 9 heteroatoms. The van der Waals surface area contributed by atoms with Crippen LogP contribution in [0.5, 0.6) is 0 Å². The van der Waals surface area contributed by atoms with Crippen LogP contribution < -0.4 is 9.80 Å². The minimum Gasteiger partial charge on any atom is -0.343 e. The molecule has 0 saturated carbocycles. The van der Waals surface area contributed by atoms with Crippen molar-refractivity contribution in [1.29, 1.82) is 0 Å². The summed E-state index contributed by atoms with van der Waals surface area (Å²) in [7, 11) is 0. The molecule has 0 radical (unpaired) electrons. The highest BCUT2D eigenvalue weighted by atomic mass is 32.1. The SMILES string of the molecule is CCCCc1ccc(N2CC(C(=O)N3CCN(c4nnc(-c5cccs5)s4)CC3)CC2=O)cc1. The van der Waals surface area contributed by atoms with Crippen molar-refractivity contribution in [2.24, 2.45) is 5.92 Å². The Morgan fingerprint density at radius 3 is 2.59 bits per heavy atom. The Hall–Kier alpha value is -2.78. The molecule has 34 heavy (non-hydrogen) atoms. The van der Waals surface area contributed by atoms with Crippen molar-refractivity contribution in [2.45, 2.75) is 32.6 Å². The maximum Gasteiger partial charge on any atom is 0.228 e. The molecule has 5 rings (SSSR count). The molecule has 0 bridgehead atoms. The summed E-state index contributed by atoms with van der Waals surface area (Å²) in [5.41, 5.74) is 2.18. The number of amides is 2. The van der Waals surface area contributed by atoms with E-state index in [2.05, 4.69) is 40.2 Å². The summed E-state index contributed by atoms with van der Waals surface area (Å²) in [6, 6.07) is 12.3. The fourth-order valence-corrected chi connectivity index (χ4v) is 6.25. The van der Waals surface area contributed by atoms with Gasteiger partial charge in [-0.1, -0.05) is 42.9 Å². The van der Waals surface area contributed by atoms with Crippen LogP contribution in [0.25, 0.3) is 9.88 Å². The van der Waals surface area contributed by atoms with Crippen LogP contribution in [0.2, 0.25) is 0 Å². The first-order chi connectivity index (χ1) is 16.6. The van der Waals surface area contributed by atoms with Crippen molar-refractivity contribution in [3.63, 3.8) is 0 Å². The van der Waals surface area contributed by atoms with Gasteiger partial charge in [-0.15, -0.1) is 21.5 Å². The summed E-state index contributed by atoms with van der Waals surface area (Å²) in [5.74, 6) is -0.148. The minimum absolute atomic E-state index is 0.0354. The van der Waals surface area contributed by atoms with Crippen molar-refractivity contribution in [2.75, 3.05) is 42.5 Å². The number of aryl methyl sites for hydroxylation is 1. The van der Waals surface area contributed by atoms with Crippen LogP contribution in [-0.2, 0) is 16.0 Å². The van der Waals surface area contributed by atoms with Gasteiger partial charge >= 0.3 is 0 Å². The van der Waals surface area contributed by atoms with Gasteiger partial charge in [-0.05, 0) is 42.0 Å². The van der Waals surface area contributed by atoms with E-state index in [1.165, 1.54) is 18.4 Å². The second-order valence-electron chi connectivity index (χ2n) is 8.85. The maximum atomic E-state index is 13.2. The quantitative estimate of drug-likeness (QED) is 0.489. The molecule has 3 aromatic rings. The molecule has 178 valence electrons. The predicted octanol–water partition coefficient (Wildman–Crippen LogP) is 4.31. The van der Waals surface area contributed by atoms with Gasteiger partial charge in [0, 0.05) is 44.8 Å². The topological polar surface area (TPSA) is 69.6 Å². The summed E-state index contributed by atoms with van der Waals surface area (Å²) >= 11 is 3.26. The number of benzene rings is 1. The Labute approximate surface area is 208 Å². The smallest absolute Gasteiger partial charge is 0.228 e. The molecule has 4 heterocycles. The van der Waals surface area contributed by atoms with Crippen LogP contribution >= 0.6 is 22.7 Å². The Balaban J connectivity index is 1.16. The summed E-state index contributed by atoms with van der Waals surface area (Å²) in [4.78, 5) is 32.9. The fourth-order valence-electron chi connectivity index (χ4n) is 4.57. The van der Waals surface area contributed by atoms with E-state index in [1.807, 2.05) is 28.5 Å². The number of hydrogen-bond acceptors (Lipinski definition) is 7. The zero-order valence-electron chi connectivity index (χ0n) is 19.4. The number of carbonyl (C=O) groups excluding carboxylic acids is 2. The molecule has 0 N–H and O–H groups in total. The van der Waals surface area contributed by atoms with E-state index < -0.39 is 0 Å². The van der Waals surface area contributed by atoms with E-state index in [4.69, 9.17) is 0 Å². The number of rotatable bonds is 7. The van der Waals surface area contributed by atoms with Crippen molar-refractivity contribution >= 4 is 45.3 Å². The lowest BCUT2D eigenvalue weighted by molar-refractivity contribution is -0.136. The molecular weight excluding hydrogens is 466 g/mol. The first kappa shape index (κ1) is 23.0. The van der Waals surface area contributed by atoms with Crippen LogP contribution in [0.4, 0.5) is 10.8 Å². The van der Waals surface area contributed by atoms with Gasteiger partial charge in [0.15, 0.2) is 5.01 Å². The van der Waals surface area contributed by atoms with Gasteiger partial charge in [0.05, 0.1) is 10.8 Å². The Kier molecular flexibility index (Phi) is 6.92. The molecule has 1 atom stereocenters. The molecule has 2 aromatic heterocycles. The monoisotopic (exact) mass is 495 g/mol. The van der Waals surface area contributed by atoms with Gasteiger partial charge in [-0.3, -0.25) is 9.59 Å². The normalized spacial score (nSPS) is 18.7. The average molecular weight is 496 g/mol. The number of carbonyl (C=O) groups is 2. The van der Waals surface area contributed by atoms with Crippen molar-refractivity contribution in [3.8, 4) is 9.88 Å². The highest BCUT2D eigenvalue weighted by Gasteiger charge is 2.38. The van der Waals surface area contributed by atoms with Gasteiger partial charge < -0.3 is 14.7 Å². The molecule has 2 fully saturated rings. The molecule has 0 spiro atoms. The summed E-state index contributed by atoms with van der Waals surface area (Å²) in [5, 5.41) is 12.6. The number of aromatic nitrogens is 2. The van der Waals surface area contributed by atoms with Gasteiger partial charge in [0.1, 0.15) is 0 Å². The van der Waals surface area contributed by atoms with Crippen LogP contribution in [0.15, 0.2) is 41.8 Å². The zero-order valence-corrected chi connectivity index (χ0v) is 21.0. The Morgan fingerprint density at radius 2 is 1.88 bits per heavy atom. The number of piperazine rings is 1. The highest BCUT2D eigenvalue weighted by molar-refractivity contribution is 7.22. The summed E-state index contributed by atoms with van der Waals surface area (Å²) < 4.78 is 0. The number of anilines is 2. The molecule has 2 saturated heterocycles. The van der Waals surface area contributed by atoms with Gasteiger partial charge in [-0.25, -0.2) is 0 Å². The fraction of sp³-hybridized carbons (Fsp3) is 0.440. The molecule has 2 aliphatic rings. The van der Waals surface area contributed by atoms with Crippen LogP contribution in [0, 0.1) is 5.92 Å². The minimum atomic E-state index is -0.272. The van der Waals surface area contributed by atoms with Crippen LogP contribution in [0.1, 0.15) is 31.7 Å². The lowest BCUT2D eigenvalue weighted by Crippen LogP contribution is -2.50. The standard InChI is InChI=1S/C25H29N5O2S2/c1-2-3-5-18-7-9-20(10-8-18)30-17-19(16-22(30)31)24(32)28-11-13-29(14-12-28)25-27-26-23(34-25)21-6-4-15-33-21/h4,6-10,15,19H,2-3,5,11-14,16-17H2,1H3. The van der Waals surface area contributed by atoms with E-state index in [1.54, 1.807) is 27.6 Å². The molecule has 0 aliphatic carbocycles. The number of thiophene rings is 1. The molecular formula is C25H29N5O2S2. The third-order valence-corrected chi connectivity index (χ3v) is 8.57.